The molecule has 1 aromatic rings. The van der Waals surface area contributed by atoms with Gasteiger partial charge >= 0.3 is 232 Å². The maximum atomic E-state index is 7.51. The van der Waals surface area contributed by atoms with Crippen LogP contribution >= 0.6 is 0 Å². The fourth-order valence-electron chi connectivity index (χ4n) is 6.81. The molecule has 0 aliphatic carbocycles. The Labute approximate surface area is 294 Å². The van der Waals surface area contributed by atoms with Crippen LogP contribution in [0.15, 0.2) is 34.5 Å². The summed E-state index contributed by atoms with van der Waals surface area (Å²) in [4.78, 5) is 11.9. The fourth-order valence-corrected chi connectivity index (χ4v) is 15.4. The Balaban J connectivity index is 2.57. The number of allylic oxidation sites excluding steroid dienone is 2. The number of rotatable bonds is 16. The zero-order valence-electron chi connectivity index (χ0n) is 32.6. The van der Waals surface area contributed by atoms with Gasteiger partial charge in [0.05, 0.1) is 6.10 Å². The van der Waals surface area contributed by atoms with Crippen LogP contribution in [-0.4, -0.2) is 91.3 Å². The number of hydrogen-bond acceptors (Lipinski definition) is 7. The van der Waals surface area contributed by atoms with E-state index in [0.717, 1.165) is 9.28 Å². The summed E-state index contributed by atoms with van der Waals surface area (Å²) in [6, 6.07) is 0. The predicted octanol–water partition coefficient (Wildman–Crippen LogP) is 8.65. The monoisotopic (exact) mass is 797 g/mol. The van der Waals surface area contributed by atoms with E-state index in [1.165, 1.54) is 0 Å². The first-order valence-corrected chi connectivity index (χ1v) is 33.1. The van der Waals surface area contributed by atoms with Gasteiger partial charge < -0.3 is 4.74 Å². The fraction of sp³-hybridized carbons (Fsp3) is 0.757. The first kappa shape index (κ1) is 42.4. The van der Waals surface area contributed by atoms with Crippen LogP contribution in [-0.2, 0) is 29.8 Å². The van der Waals surface area contributed by atoms with Crippen molar-refractivity contribution in [3.63, 3.8) is 0 Å². The third-order valence-electron chi connectivity index (χ3n) is 9.33. The van der Waals surface area contributed by atoms with Crippen molar-refractivity contribution in [2.75, 3.05) is 21.3 Å². The van der Waals surface area contributed by atoms with Gasteiger partial charge in [0.25, 0.3) is 0 Å². The van der Waals surface area contributed by atoms with E-state index < -0.39 is 40.6 Å². The van der Waals surface area contributed by atoms with E-state index in [-0.39, 0.29) is 24.4 Å². The Hall–Kier alpha value is -0.718. The first-order chi connectivity index (χ1) is 21.7. The van der Waals surface area contributed by atoms with Crippen LogP contribution in [0.25, 0.3) is 0 Å². The van der Waals surface area contributed by atoms with E-state index in [4.69, 9.17) is 32.8 Å². The molecule has 1 aromatic heterocycles. The van der Waals surface area contributed by atoms with Gasteiger partial charge in [0.1, 0.15) is 8.07 Å². The molecule has 0 aromatic carbocycles. The molecular weight excluding hydrogens is 729 g/mol. The van der Waals surface area contributed by atoms with Crippen LogP contribution in [0.1, 0.15) is 73.6 Å². The molecule has 47 heavy (non-hydrogen) atoms. The molecule has 0 N–H and O–H groups in total. The normalized spacial score (nSPS) is 23.1. The second-order valence-electron chi connectivity index (χ2n) is 16.3. The third kappa shape index (κ3) is 12.2. The third-order valence-corrected chi connectivity index (χ3v) is 21.4. The van der Waals surface area contributed by atoms with E-state index in [1.54, 1.807) is 21.3 Å². The summed E-state index contributed by atoms with van der Waals surface area (Å²) in [5.74, 6) is 3.05. The Kier molecular flexibility index (Phi) is 16.2. The second-order valence-corrected chi connectivity index (χ2v) is 40.8. The van der Waals surface area contributed by atoms with Crippen LogP contribution < -0.4 is 3.71 Å². The van der Waals surface area contributed by atoms with Crippen LogP contribution in [0.4, 0.5) is 0 Å². The molecule has 1 saturated heterocycles. The van der Waals surface area contributed by atoms with Crippen LogP contribution in [0.5, 0.6) is 0 Å². The molecule has 7 nitrogen and oxygen atoms in total. The number of ether oxygens (including phenoxy) is 4. The molecule has 0 radical (unpaired) electrons. The van der Waals surface area contributed by atoms with Crippen molar-refractivity contribution < 1.29 is 27.8 Å². The average Bonchev–Trinajstić information content (AvgIpc) is 3.44. The molecule has 1 aliphatic rings. The molecule has 0 saturated carbocycles. The zero-order chi connectivity index (χ0) is 35.8. The van der Waals surface area contributed by atoms with Gasteiger partial charge in [-0.15, -0.1) is 11.5 Å². The molecule has 1 fully saturated rings. The van der Waals surface area contributed by atoms with Crippen LogP contribution in [0.2, 0.25) is 51.1 Å². The van der Waals surface area contributed by atoms with Crippen molar-refractivity contribution >= 4 is 38.5 Å². The minimum absolute atomic E-state index is 0.0729. The summed E-state index contributed by atoms with van der Waals surface area (Å²) in [6.07, 6.45) is 9.94. The molecule has 268 valence electrons. The maximum absolute atomic E-state index is 7.51. The van der Waals surface area contributed by atoms with Gasteiger partial charge in [0.2, 0.25) is 0 Å². The standard InChI is InChI=1S/C34H58NO6Si2.3CH3.Sn/c1-25(2)43(26(3)4,27(5)6)41-32(21-28(7)16-17-29(36-8)15-14-20-42(11,12)13)31-22-30(37-9)23-34(38-10,40-31)24-33-35-18-19-39-33;;;;/h16-17,19,21,25-27,29-32H,15,22-24H2,1-13H3;3*1H3;/b17-16+,28-21+;;;;/t29-,30-,31-,32+,34+;;;;/m1..../s1. The van der Waals surface area contributed by atoms with Gasteiger partial charge in [-0.05, 0) is 0 Å². The van der Waals surface area contributed by atoms with E-state index in [2.05, 4.69) is 113 Å². The average molecular weight is 797 g/mol. The second kappa shape index (κ2) is 18.0. The minimum atomic E-state index is -2.41. The van der Waals surface area contributed by atoms with Gasteiger partial charge in [0, 0.05) is 13.5 Å². The van der Waals surface area contributed by atoms with Gasteiger partial charge in [-0.1, -0.05) is 19.6 Å². The number of oxazole rings is 1. The molecule has 0 unspecified atom stereocenters. The van der Waals surface area contributed by atoms with E-state index in [1.807, 2.05) is 6.26 Å². The van der Waals surface area contributed by atoms with Gasteiger partial charge in [0.15, 0.2) is 0 Å². The van der Waals surface area contributed by atoms with Crippen molar-refractivity contribution in [3.05, 3.63) is 36.0 Å². The molecule has 2 heterocycles. The number of aromatic nitrogens is 1. The molecule has 1 aliphatic heterocycles. The molecule has 10 heteroatoms. The summed E-state index contributed by atoms with van der Waals surface area (Å²) < 4.78 is 39.7. The van der Waals surface area contributed by atoms with Crippen LogP contribution in [0.3, 0.4) is 0 Å². The Morgan fingerprint density at radius 2 is 1.68 bits per heavy atom. The van der Waals surface area contributed by atoms with Crippen molar-refractivity contribution in [2.45, 2.75) is 155 Å². The Bertz CT molecular complexity index is 1210. The van der Waals surface area contributed by atoms with E-state index >= 15 is 0 Å². The SMILES string of the molecule is CO[C@@H]1C[C@H]([C@H](/C=C(C)/C=C/[C@@H](CC#C[Si](C)(C)C)OC)O[Si](C(C)C)(C(C)C)C(C)C)O[C@@](Cc2n[c]([Sn]([CH3])([CH3])[CH3])co2)(OC)C1. The topological polar surface area (TPSA) is 72.2 Å². The zero-order valence-corrected chi connectivity index (χ0v) is 37.4. The molecule has 0 spiro atoms. The Morgan fingerprint density at radius 3 is 2.15 bits per heavy atom. The molecule has 0 amide bonds. The predicted molar refractivity (Wildman–Crippen MR) is 203 cm³/mol. The van der Waals surface area contributed by atoms with Gasteiger partial charge in [-0.3, -0.25) is 0 Å². The number of hydrogen-bond donors (Lipinski definition) is 0. The van der Waals surface area contributed by atoms with Gasteiger partial charge in [-0.25, -0.2) is 0 Å². The van der Waals surface area contributed by atoms with Gasteiger partial charge in [-0.2, -0.15) is 0 Å². The summed E-state index contributed by atoms with van der Waals surface area (Å²) in [6.45, 7) is 22.8. The summed E-state index contributed by atoms with van der Waals surface area (Å²) >= 11 is -2.41. The molecule has 5 atom stereocenters. The number of methoxy groups -OCH3 is 3. The van der Waals surface area contributed by atoms with Crippen LogP contribution in [0, 0.1) is 11.5 Å². The Morgan fingerprint density at radius 1 is 1.06 bits per heavy atom. The van der Waals surface area contributed by atoms with Crippen molar-refractivity contribution in [2.24, 2.45) is 0 Å². The summed E-state index contributed by atoms with van der Waals surface area (Å²) in [7, 11) is 1.50. The van der Waals surface area contributed by atoms with E-state index in [9.17, 15) is 0 Å². The quantitative estimate of drug-likeness (QED) is 0.0943. The number of nitrogens with zero attached hydrogens (tertiary/aromatic N) is 1. The van der Waals surface area contributed by atoms with Crippen molar-refractivity contribution in [1.82, 2.24) is 4.98 Å². The molecular formula is C37H67NO6Si2Sn. The molecule has 0 bridgehead atoms. The van der Waals surface area contributed by atoms with Crippen molar-refractivity contribution in [1.29, 1.82) is 0 Å². The molecule has 2 rings (SSSR count). The van der Waals surface area contributed by atoms with E-state index in [0.29, 0.717) is 48.2 Å². The summed E-state index contributed by atoms with van der Waals surface area (Å²) in [5, 5.41) is 0. The van der Waals surface area contributed by atoms with Crippen molar-refractivity contribution in [3.8, 4) is 11.5 Å². The summed E-state index contributed by atoms with van der Waals surface area (Å²) in [5.41, 5.74) is 5.80. The first-order valence-electron chi connectivity index (χ1n) is 17.5.